The van der Waals surface area contributed by atoms with Crippen molar-refractivity contribution in [2.24, 2.45) is 5.92 Å². The number of thioether (sulfide) groups is 1. The third kappa shape index (κ3) is 3.45. The van der Waals surface area contributed by atoms with Gasteiger partial charge in [0.25, 0.3) is 0 Å². The van der Waals surface area contributed by atoms with E-state index in [0.29, 0.717) is 10.8 Å². The first-order chi connectivity index (χ1) is 10.2. The number of ether oxygens (including phenoxy) is 1. The van der Waals surface area contributed by atoms with Gasteiger partial charge in [-0.3, -0.25) is 0 Å². The lowest BCUT2D eigenvalue weighted by molar-refractivity contribution is -0.123. The number of rotatable bonds is 4. The van der Waals surface area contributed by atoms with E-state index >= 15 is 0 Å². The summed E-state index contributed by atoms with van der Waals surface area (Å²) in [6.07, 6.45) is 12.2. The molecule has 2 nitrogen and oxygen atoms in total. The third-order valence-electron chi connectivity index (χ3n) is 6.10. The molecule has 1 saturated carbocycles. The Kier molecular flexibility index (Phi) is 5.23. The van der Waals surface area contributed by atoms with Crippen molar-refractivity contribution >= 4 is 11.8 Å². The minimum absolute atomic E-state index is 0.245. The van der Waals surface area contributed by atoms with E-state index < -0.39 is 0 Å². The number of hydrogen-bond acceptors (Lipinski definition) is 3. The highest BCUT2D eigenvalue weighted by molar-refractivity contribution is 8.00. The highest BCUT2D eigenvalue weighted by atomic mass is 32.2. The molecule has 3 heteroatoms. The van der Waals surface area contributed by atoms with E-state index in [4.69, 9.17) is 4.74 Å². The standard InChI is InChI=1S/C18H33NOS/c1-3-19-16(17(2)9-7-13-21-17)15-8-12-20-18(14-15)10-5-4-6-11-18/h15-16,19H,3-14H2,1-2H3. The van der Waals surface area contributed by atoms with E-state index in [2.05, 4.69) is 30.9 Å². The summed E-state index contributed by atoms with van der Waals surface area (Å²) in [5, 5.41) is 3.88. The molecule has 0 bridgehead atoms. The smallest absolute Gasteiger partial charge is 0.0685 e. The number of hydrogen-bond donors (Lipinski definition) is 1. The predicted octanol–water partition coefficient (Wildman–Crippen LogP) is 4.38. The first-order valence-electron chi connectivity index (χ1n) is 9.19. The maximum atomic E-state index is 6.33. The van der Waals surface area contributed by atoms with Gasteiger partial charge in [-0.25, -0.2) is 0 Å². The van der Waals surface area contributed by atoms with Gasteiger partial charge in [-0.05, 0) is 63.7 Å². The van der Waals surface area contributed by atoms with Gasteiger partial charge in [-0.1, -0.05) is 26.2 Å². The minimum atomic E-state index is 0.245. The second-order valence-electron chi connectivity index (χ2n) is 7.65. The van der Waals surface area contributed by atoms with E-state index in [1.54, 1.807) is 0 Å². The van der Waals surface area contributed by atoms with E-state index in [-0.39, 0.29) is 5.60 Å². The molecule has 3 unspecified atom stereocenters. The van der Waals surface area contributed by atoms with Crippen LogP contribution in [-0.4, -0.2) is 35.3 Å². The van der Waals surface area contributed by atoms with Crippen LogP contribution in [0.2, 0.25) is 0 Å². The fourth-order valence-corrected chi connectivity index (χ4v) is 6.54. The Bertz CT molecular complexity index is 329. The van der Waals surface area contributed by atoms with Gasteiger partial charge < -0.3 is 10.1 Å². The second kappa shape index (κ2) is 6.80. The molecule has 3 rings (SSSR count). The quantitative estimate of drug-likeness (QED) is 0.832. The normalized spacial score (nSPS) is 37.7. The van der Waals surface area contributed by atoms with Crippen LogP contribution in [0.5, 0.6) is 0 Å². The summed E-state index contributed by atoms with van der Waals surface area (Å²) in [4.78, 5) is 0. The van der Waals surface area contributed by atoms with Gasteiger partial charge in [0.15, 0.2) is 0 Å². The van der Waals surface area contributed by atoms with Gasteiger partial charge in [0.05, 0.1) is 5.60 Å². The zero-order valence-corrected chi connectivity index (χ0v) is 14.8. The molecule has 1 spiro atoms. The Balaban J connectivity index is 1.72. The van der Waals surface area contributed by atoms with Gasteiger partial charge in [0.2, 0.25) is 0 Å². The first-order valence-corrected chi connectivity index (χ1v) is 10.2. The molecule has 3 fully saturated rings. The molecular weight excluding hydrogens is 278 g/mol. The lowest BCUT2D eigenvalue weighted by atomic mass is 9.71. The van der Waals surface area contributed by atoms with Crippen molar-refractivity contribution in [3.05, 3.63) is 0 Å². The van der Waals surface area contributed by atoms with Gasteiger partial charge >= 0.3 is 0 Å². The summed E-state index contributed by atoms with van der Waals surface area (Å²) in [5.74, 6) is 2.17. The molecule has 0 radical (unpaired) electrons. The van der Waals surface area contributed by atoms with Crippen LogP contribution in [0, 0.1) is 5.92 Å². The molecule has 2 aliphatic heterocycles. The molecular formula is C18H33NOS. The van der Waals surface area contributed by atoms with Crippen LogP contribution >= 0.6 is 11.8 Å². The van der Waals surface area contributed by atoms with Crippen molar-refractivity contribution < 1.29 is 4.74 Å². The van der Waals surface area contributed by atoms with Crippen LogP contribution in [0.4, 0.5) is 0 Å². The first kappa shape index (κ1) is 16.1. The van der Waals surface area contributed by atoms with Gasteiger partial charge in [0, 0.05) is 17.4 Å². The molecule has 3 atom stereocenters. The molecule has 0 aromatic rings. The van der Waals surface area contributed by atoms with E-state index in [0.717, 1.165) is 19.1 Å². The molecule has 122 valence electrons. The van der Waals surface area contributed by atoms with Crippen LogP contribution in [0.15, 0.2) is 0 Å². The minimum Gasteiger partial charge on any atom is -0.375 e. The monoisotopic (exact) mass is 311 g/mol. The Morgan fingerprint density at radius 2 is 2.00 bits per heavy atom. The Labute approximate surface area is 135 Å². The summed E-state index contributed by atoms with van der Waals surface area (Å²) in [6.45, 7) is 6.88. The van der Waals surface area contributed by atoms with E-state index in [9.17, 15) is 0 Å². The van der Waals surface area contributed by atoms with Crippen molar-refractivity contribution in [1.29, 1.82) is 0 Å². The van der Waals surface area contributed by atoms with Crippen molar-refractivity contribution in [1.82, 2.24) is 5.32 Å². The van der Waals surface area contributed by atoms with Crippen LogP contribution in [-0.2, 0) is 4.74 Å². The third-order valence-corrected chi connectivity index (χ3v) is 7.71. The maximum absolute atomic E-state index is 6.33. The van der Waals surface area contributed by atoms with Crippen molar-refractivity contribution in [3.63, 3.8) is 0 Å². The summed E-state index contributed by atoms with van der Waals surface area (Å²) in [6, 6.07) is 0.678. The number of nitrogens with one attached hydrogen (secondary N) is 1. The fourth-order valence-electron chi connectivity index (χ4n) is 5.04. The zero-order chi connectivity index (χ0) is 14.8. The Morgan fingerprint density at radius 3 is 2.67 bits per heavy atom. The molecule has 0 amide bonds. The maximum Gasteiger partial charge on any atom is 0.0685 e. The van der Waals surface area contributed by atoms with Crippen molar-refractivity contribution in [2.45, 2.75) is 88.0 Å². The van der Waals surface area contributed by atoms with Crippen LogP contribution < -0.4 is 5.32 Å². The fraction of sp³-hybridized carbons (Fsp3) is 1.00. The van der Waals surface area contributed by atoms with Gasteiger partial charge in [0.1, 0.15) is 0 Å². The summed E-state index contributed by atoms with van der Waals surface area (Å²) < 4.78 is 6.78. The summed E-state index contributed by atoms with van der Waals surface area (Å²) >= 11 is 2.22. The molecule has 0 aromatic heterocycles. The predicted molar refractivity (Wildman–Crippen MR) is 92.1 cm³/mol. The molecule has 1 aliphatic carbocycles. The van der Waals surface area contributed by atoms with Crippen LogP contribution in [0.25, 0.3) is 0 Å². The van der Waals surface area contributed by atoms with Crippen LogP contribution in [0.1, 0.15) is 71.6 Å². The average Bonchev–Trinajstić information content (AvgIpc) is 2.93. The average molecular weight is 312 g/mol. The Morgan fingerprint density at radius 1 is 1.19 bits per heavy atom. The van der Waals surface area contributed by atoms with E-state index in [1.165, 1.54) is 63.5 Å². The van der Waals surface area contributed by atoms with Crippen molar-refractivity contribution in [2.75, 3.05) is 18.9 Å². The molecule has 0 aromatic carbocycles. The SMILES string of the molecule is CCNC(C1CCOC2(CCCCC2)C1)C1(C)CCCS1. The molecule has 3 aliphatic rings. The van der Waals surface area contributed by atoms with E-state index in [1.807, 2.05) is 0 Å². The van der Waals surface area contributed by atoms with Crippen LogP contribution in [0.3, 0.4) is 0 Å². The lowest BCUT2D eigenvalue weighted by Gasteiger charge is -2.48. The molecule has 21 heavy (non-hydrogen) atoms. The molecule has 2 saturated heterocycles. The summed E-state index contributed by atoms with van der Waals surface area (Å²) in [5.41, 5.74) is 0.245. The highest BCUT2D eigenvalue weighted by Gasteiger charge is 2.46. The topological polar surface area (TPSA) is 21.3 Å². The van der Waals surface area contributed by atoms with Gasteiger partial charge in [-0.2, -0.15) is 11.8 Å². The zero-order valence-electron chi connectivity index (χ0n) is 14.0. The molecule has 1 N–H and O–H groups in total. The lowest BCUT2D eigenvalue weighted by Crippen LogP contribution is -2.54. The highest BCUT2D eigenvalue weighted by Crippen LogP contribution is 2.48. The second-order valence-corrected chi connectivity index (χ2v) is 9.27. The van der Waals surface area contributed by atoms with Crippen molar-refractivity contribution in [3.8, 4) is 0 Å². The summed E-state index contributed by atoms with van der Waals surface area (Å²) in [7, 11) is 0. The Hall–Kier alpha value is 0.270. The van der Waals surface area contributed by atoms with Gasteiger partial charge in [-0.15, -0.1) is 0 Å². The molecule has 2 heterocycles. The largest absolute Gasteiger partial charge is 0.375 e.